The van der Waals surface area contributed by atoms with Crippen LogP contribution >= 0.6 is 11.6 Å². The summed E-state index contributed by atoms with van der Waals surface area (Å²) in [5.74, 6) is 0.808. The van der Waals surface area contributed by atoms with Crippen molar-refractivity contribution in [3.8, 4) is 5.75 Å². The molecule has 166 valence electrons. The SMILES string of the molecule is CC(C)Oc1ccc(NC(=O)C2(c3ccc(Cl)cc3)Cc3ccccc3C2)c2ccccc12. The number of rotatable bonds is 5. The number of benzene rings is 4. The summed E-state index contributed by atoms with van der Waals surface area (Å²) in [6.45, 7) is 4.02. The van der Waals surface area contributed by atoms with E-state index in [2.05, 4.69) is 17.4 Å². The smallest absolute Gasteiger partial charge is 0.235 e. The minimum Gasteiger partial charge on any atom is -0.490 e. The number of fused-ring (bicyclic) bond motifs is 2. The molecular weight excluding hydrogens is 430 g/mol. The topological polar surface area (TPSA) is 38.3 Å². The van der Waals surface area contributed by atoms with E-state index in [4.69, 9.17) is 16.3 Å². The summed E-state index contributed by atoms with van der Waals surface area (Å²) in [5.41, 5.74) is 3.50. The van der Waals surface area contributed by atoms with Crippen molar-refractivity contribution in [2.45, 2.75) is 38.2 Å². The van der Waals surface area contributed by atoms with Gasteiger partial charge in [0.2, 0.25) is 5.91 Å². The maximum Gasteiger partial charge on any atom is 0.235 e. The van der Waals surface area contributed by atoms with Crippen LogP contribution in [0.3, 0.4) is 0 Å². The van der Waals surface area contributed by atoms with Crippen LogP contribution < -0.4 is 10.1 Å². The quantitative estimate of drug-likeness (QED) is 0.353. The summed E-state index contributed by atoms with van der Waals surface area (Å²) in [5, 5.41) is 5.88. The molecule has 0 saturated carbocycles. The highest BCUT2D eigenvalue weighted by Crippen LogP contribution is 2.42. The molecule has 0 atom stereocenters. The zero-order valence-corrected chi connectivity index (χ0v) is 19.5. The highest BCUT2D eigenvalue weighted by molar-refractivity contribution is 6.30. The van der Waals surface area contributed by atoms with Crippen molar-refractivity contribution in [3.05, 3.63) is 107 Å². The normalized spacial score (nSPS) is 14.3. The number of ether oxygens (including phenoxy) is 1. The van der Waals surface area contributed by atoms with Crippen LogP contribution in [-0.2, 0) is 23.1 Å². The lowest BCUT2D eigenvalue weighted by molar-refractivity contribution is -0.121. The molecule has 0 unspecified atom stereocenters. The molecule has 33 heavy (non-hydrogen) atoms. The van der Waals surface area contributed by atoms with E-state index >= 15 is 0 Å². The monoisotopic (exact) mass is 455 g/mol. The van der Waals surface area contributed by atoms with Crippen molar-refractivity contribution >= 4 is 34.0 Å². The molecule has 0 spiro atoms. The first-order chi connectivity index (χ1) is 16.0. The summed E-state index contributed by atoms with van der Waals surface area (Å²) in [7, 11) is 0. The Balaban J connectivity index is 1.56. The van der Waals surface area contributed by atoms with E-state index in [0.29, 0.717) is 17.9 Å². The molecular formula is C29H26ClNO2. The molecule has 4 aromatic carbocycles. The maximum atomic E-state index is 14.0. The third-order valence-electron chi connectivity index (χ3n) is 6.43. The van der Waals surface area contributed by atoms with Gasteiger partial charge in [-0.1, -0.05) is 72.3 Å². The number of hydrogen-bond donors (Lipinski definition) is 1. The Labute approximate surface area is 199 Å². The van der Waals surface area contributed by atoms with Crippen molar-refractivity contribution in [2.75, 3.05) is 5.32 Å². The molecule has 1 aliphatic carbocycles. The molecule has 0 saturated heterocycles. The van der Waals surface area contributed by atoms with Gasteiger partial charge in [0.25, 0.3) is 0 Å². The van der Waals surface area contributed by atoms with E-state index in [9.17, 15) is 4.79 Å². The van der Waals surface area contributed by atoms with Gasteiger partial charge in [0.1, 0.15) is 5.75 Å². The fourth-order valence-corrected chi connectivity index (χ4v) is 4.98. The highest BCUT2D eigenvalue weighted by atomic mass is 35.5. The zero-order valence-electron chi connectivity index (χ0n) is 18.8. The largest absolute Gasteiger partial charge is 0.490 e. The fourth-order valence-electron chi connectivity index (χ4n) is 4.86. The van der Waals surface area contributed by atoms with Crippen LogP contribution in [0.25, 0.3) is 10.8 Å². The van der Waals surface area contributed by atoms with Crippen LogP contribution in [0.1, 0.15) is 30.5 Å². The Morgan fingerprint density at radius 3 is 2.09 bits per heavy atom. The highest BCUT2D eigenvalue weighted by Gasteiger charge is 2.45. The third-order valence-corrected chi connectivity index (χ3v) is 6.68. The first kappa shape index (κ1) is 21.5. The lowest BCUT2D eigenvalue weighted by Crippen LogP contribution is -2.41. The number of amides is 1. The van der Waals surface area contributed by atoms with E-state index in [0.717, 1.165) is 27.8 Å². The summed E-state index contributed by atoms with van der Waals surface area (Å²) in [6, 6.07) is 27.9. The molecule has 4 aromatic rings. The van der Waals surface area contributed by atoms with Crippen LogP contribution in [0.2, 0.25) is 5.02 Å². The molecule has 0 aliphatic heterocycles. The molecule has 1 aliphatic rings. The van der Waals surface area contributed by atoms with Crippen molar-refractivity contribution in [3.63, 3.8) is 0 Å². The van der Waals surface area contributed by atoms with Gasteiger partial charge in [-0.3, -0.25) is 4.79 Å². The van der Waals surface area contributed by atoms with Gasteiger partial charge >= 0.3 is 0 Å². The van der Waals surface area contributed by atoms with Crippen LogP contribution in [0, 0.1) is 0 Å². The van der Waals surface area contributed by atoms with E-state index in [-0.39, 0.29) is 12.0 Å². The zero-order chi connectivity index (χ0) is 23.0. The number of anilines is 1. The average Bonchev–Trinajstić information content (AvgIpc) is 3.22. The second-order valence-electron chi connectivity index (χ2n) is 8.99. The number of hydrogen-bond acceptors (Lipinski definition) is 2. The molecule has 5 rings (SSSR count). The Hall–Kier alpha value is -3.30. The van der Waals surface area contributed by atoms with Crippen LogP contribution in [-0.4, -0.2) is 12.0 Å². The summed E-state index contributed by atoms with van der Waals surface area (Å²) >= 11 is 6.17. The van der Waals surface area contributed by atoms with Gasteiger partial charge in [0.05, 0.1) is 11.5 Å². The molecule has 1 amide bonds. The Morgan fingerprint density at radius 2 is 1.45 bits per heavy atom. The van der Waals surface area contributed by atoms with Gasteiger partial charge in [-0.2, -0.15) is 0 Å². The Kier molecular flexibility index (Phi) is 5.59. The molecule has 3 nitrogen and oxygen atoms in total. The summed E-state index contributed by atoms with van der Waals surface area (Å²) in [4.78, 5) is 14.0. The Bertz CT molecular complexity index is 1300. The van der Waals surface area contributed by atoms with Gasteiger partial charge in [-0.25, -0.2) is 0 Å². The maximum absolute atomic E-state index is 14.0. The van der Waals surface area contributed by atoms with Gasteiger partial charge in [0, 0.05) is 21.5 Å². The van der Waals surface area contributed by atoms with E-state index in [1.54, 1.807) is 0 Å². The standard InChI is InChI=1S/C29H26ClNO2/c1-19(2)33-27-16-15-26(24-9-5-6-10-25(24)27)31-28(32)29(22-11-13-23(30)14-12-22)17-20-7-3-4-8-21(20)18-29/h3-16,19H,17-18H2,1-2H3,(H,31,32). The molecule has 0 aromatic heterocycles. The molecule has 0 bridgehead atoms. The lowest BCUT2D eigenvalue weighted by atomic mass is 9.76. The van der Waals surface area contributed by atoms with Crippen molar-refractivity contribution in [1.82, 2.24) is 0 Å². The van der Waals surface area contributed by atoms with E-state index in [1.165, 1.54) is 11.1 Å². The third kappa shape index (κ3) is 3.98. The van der Waals surface area contributed by atoms with E-state index in [1.807, 2.05) is 86.6 Å². The second kappa shape index (κ2) is 8.57. The second-order valence-corrected chi connectivity index (χ2v) is 9.43. The fraction of sp³-hybridized carbons (Fsp3) is 0.207. The van der Waals surface area contributed by atoms with Crippen LogP contribution in [0.5, 0.6) is 5.75 Å². The summed E-state index contributed by atoms with van der Waals surface area (Å²) in [6.07, 6.45) is 1.38. The van der Waals surface area contributed by atoms with Crippen LogP contribution in [0.15, 0.2) is 84.9 Å². The van der Waals surface area contributed by atoms with Crippen molar-refractivity contribution in [2.24, 2.45) is 0 Å². The van der Waals surface area contributed by atoms with Crippen molar-refractivity contribution in [1.29, 1.82) is 0 Å². The molecule has 1 N–H and O–H groups in total. The predicted molar refractivity (Wildman–Crippen MR) is 135 cm³/mol. The number of carbonyl (C=O) groups is 1. The van der Waals surface area contributed by atoms with Gasteiger partial charge in [0.15, 0.2) is 0 Å². The minimum atomic E-state index is -0.692. The minimum absolute atomic E-state index is 0.0105. The lowest BCUT2D eigenvalue weighted by Gasteiger charge is -2.29. The number of halogens is 1. The molecule has 0 heterocycles. The van der Waals surface area contributed by atoms with E-state index < -0.39 is 5.41 Å². The van der Waals surface area contributed by atoms with Gasteiger partial charge < -0.3 is 10.1 Å². The number of carbonyl (C=O) groups excluding carboxylic acids is 1. The predicted octanol–water partition coefficient (Wildman–Crippen LogP) is 6.96. The first-order valence-electron chi connectivity index (χ1n) is 11.3. The molecule has 4 heteroatoms. The van der Waals surface area contributed by atoms with Crippen LogP contribution in [0.4, 0.5) is 5.69 Å². The average molecular weight is 456 g/mol. The Morgan fingerprint density at radius 1 is 0.848 bits per heavy atom. The van der Waals surface area contributed by atoms with Crippen molar-refractivity contribution < 1.29 is 9.53 Å². The number of nitrogens with one attached hydrogen (secondary N) is 1. The molecule has 0 radical (unpaired) electrons. The van der Waals surface area contributed by atoms with Gasteiger partial charge in [-0.05, 0) is 67.6 Å². The first-order valence-corrected chi connectivity index (χ1v) is 11.7. The summed E-state index contributed by atoms with van der Waals surface area (Å²) < 4.78 is 6.00. The van der Waals surface area contributed by atoms with Gasteiger partial charge in [-0.15, -0.1) is 0 Å². The molecule has 0 fully saturated rings.